The van der Waals surface area contributed by atoms with Crippen LogP contribution in [-0.4, -0.2) is 37.8 Å². The molecule has 1 saturated heterocycles. The first-order chi connectivity index (χ1) is 16.2. The standard InChI is InChI=1S/C28H32O5/c1-21-25(30-18-22-12-6-3-7-13-22)26(31-19-23-14-8-4-9-15-23)27(28(29-2)33-21)32-20-24-16-10-5-11-17-24/h3-17,21,25-28H,18-20H2,1-2H3/t21-,25-,26+,27+,28-/m0/s1. The molecule has 5 atom stereocenters. The molecule has 1 heterocycles. The van der Waals surface area contributed by atoms with Crippen molar-refractivity contribution in [1.82, 2.24) is 0 Å². The zero-order chi connectivity index (χ0) is 22.9. The predicted octanol–water partition coefficient (Wildman–Crippen LogP) is 5.13. The molecule has 1 aliphatic rings. The van der Waals surface area contributed by atoms with Crippen molar-refractivity contribution < 1.29 is 23.7 Å². The van der Waals surface area contributed by atoms with E-state index >= 15 is 0 Å². The molecule has 3 aromatic rings. The highest BCUT2D eigenvalue weighted by Gasteiger charge is 2.47. The van der Waals surface area contributed by atoms with Crippen LogP contribution in [-0.2, 0) is 43.5 Å². The summed E-state index contributed by atoms with van der Waals surface area (Å²) in [7, 11) is 1.63. The van der Waals surface area contributed by atoms with E-state index in [9.17, 15) is 0 Å². The molecule has 4 rings (SSSR count). The maximum Gasteiger partial charge on any atom is 0.186 e. The molecule has 174 valence electrons. The molecule has 3 aromatic carbocycles. The Kier molecular flexibility index (Phi) is 8.64. The molecule has 1 aliphatic heterocycles. The summed E-state index contributed by atoms with van der Waals surface area (Å²) in [6.45, 7) is 3.34. The number of ether oxygens (including phenoxy) is 5. The number of rotatable bonds is 10. The molecular formula is C28H32O5. The van der Waals surface area contributed by atoms with E-state index in [0.29, 0.717) is 19.8 Å². The maximum absolute atomic E-state index is 6.46. The molecular weight excluding hydrogens is 416 g/mol. The third kappa shape index (κ3) is 6.50. The quantitative estimate of drug-likeness (QED) is 0.430. The monoisotopic (exact) mass is 448 g/mol. The summed E-state index contributed by atoms with van der Waals surface area (Å²) in [5.41, 5.74) is 3.27. The van der Waals surface area contributed by atoms with Gasteiger partial charge in [-0.25, -0.2) is 0 Å². The van der Waals surface area contributed by atoms with Gasteiger partial charge < -0.3 is 23.7 Å². The lowest BCUT2D eigenvalue weighted by molar-refractivity contribution is -0.314. The Morgan fingerprint density at radius 3 is 1.39 bits per heavy atom. The third-order valence-corrected chi connectivity index (χ3v) is 5.82. The van der Waals surface area contributed by atoms with Crippen molar-refractivity contribution in [2.24, 2.45) is 0 Å². The Hall–Kier alpha value is -2.54. The minimum Gasteiger partial charge on any atom is -0.368 e. The summed E-state index contributed by atoms with van der Waals surface area (Å²) >= 11 is 0. The van der Waals surface area contributed by atoms with Crippen molar-refractivity contribution in [3.63, 3.8) is 0 Å². The van der Waals surface area contributed by atoms with Crippen molar-refractivity contribution in [3.05, 3.63) is 108 Å². The molecule has 0 aromatic heterocycles. The Morgan fingerprint density at radius 1 is 0.576 bits per heavy atom. The Bertz CT molecular complexity index is 934. The van der Waals surface area contributed by atoms with Crippen LogP contribution >= 0.6 is 0 Å². The zero-order valence-corrected chi connectivity index (χ0v) is 19.2. The third-order valence-electron chi connectivity index (χ3n) is 5.82. The highest BCUT2D eigenvalue weighted by Crippen LogP contribution is 2.30. The second-order valence-electron chi connectivity index (χ2n) is 8.23. The van der Waals surface area contributed by atoms with E-state index < -0.39 is 12.4 Å². The van der Waals surface area contributed by atoms with Crippen LogP contribution in [0.5, 0.6) is 0 Å². The molecule has 0 radical (unpaired) electrons. The van der Waals surface area contributed by atoms with Crippen molar-refractivity contribution in [2.75, 3.05) is 7.11 Å². The fourth-order valence-corrected chi connectivity index (χ4v) is 4.06. The fraction of sp³-hybridized carbons (Fsp3) is 0.357. The summed E-state index contributed by atoms with van der Waals surface area (Å²) in [6.07, 6.45) is -1.92. The molecule has 0 bridgehead atoms. The smallest absolute Gasteiger partial charge is 0.186 e. The average molecular weight is 449 g/mol. The maximum atomic E-state index is 6.46. The topological polar surface area (TPSA) is 46.2 Å². The highest BCUT2D eigenvalue weighted by atomic mass is 16.7. The van der Waals surface area contributed by atoms with E-state index in [1.165, 1.54) is 0 Å². The first-order valence-corrected chi connectivity index (χ1v) is 11.4. The van der Waals surface area contributed by atoms with E-state index in [2.05, 4.69) is 24.3 Å². The molecule has 0 aliphatic carbocycles. The van der Waals surface area contributed by atoms with Gasteiger partial charge in [0.25, 0.3) is 0 Å². The molecule has 0 spiro atoms. The number of benzene rings is 3. The van der Waals surface area contributed by atoms with Gasteiger partial charge >= 0.3 is 0 Å². The number of hydrogen-bond acceptors (Lipinski definition) is 5. The van der Waals surface area contributed by atoms with Crippen molar-refractivity contribution in [1.29, 1.82) is 0 Å². The first-order valence-electron chi connectivity index (χ1n) is 11.4. The van der Waals surface area contributed by atoms with Gasteiger partial charge in [0.05, 0.1) is 25.9 Å². The Labute approximate surface area is 196 Å². The minimum absolute atomic E-state index is 0.226. The second-order valence-corrected chi connectivity index (χ2v) is 8.23. The van der Waals surface area contributed by atoms with E-state index in [4.69, 9.17) is 23.7 Å². The second kappa shape index (κ2) is 12.1. The molecule has 0 saturated carbocycles. The van der Waals surface area contributed by atoms with E-state index in [0.717, 1.165) is 16.7 Å². The average Bonchev–Trinajstić information content (AvgIpc) is 2.87. The van der Waals surface area contributed by atoms with Gasteiger partial charge in [0, 0.05) is 7.11 Å². The van der Waals surface area contributed by atoms with Crippen molar-refractivity contribution in [3.8, 4) is 0 Å². The largest absolute Gasteiger partial charge is 0.368 e. The van der Waals surface area contributed by atoms with Crippen LogP contribution in [0.25, 0.3) is 0 Å². The van der Waals surface area contributed by atoms with Crippen LogP contribution in [0, 0.1) is 0 Å². The summed E-state index contributed by atoms with van der Waals surface area (Å²) in [5.74, 6) is 0. The van der Waals surface area contributed by atoms with Crippen LogP contribution in [0.2, 0.25) is 0 Å². The van der Waals surface area contributed by atoms with Gasteiger partial charge in [-0.05, 0) is 23.6 Å². The highest BCUT2D eigenvalue weighted by molar-refractivity contribution is 5.15. The molecule has 0 N–H and O–H groups in total. The minimum atomic E-state index is -0.555. The molecule has 0 amide bonds. The van der Waals surface area contributed by atoms with Crippen LogP contribution in [0.15, 0.2) is 91.0 Å². The van der Waals surface area contributed by atoms with E-state index in [-0.39, 0.29) is 18.3 Å². The summed E-state index contributed by atoms with van der Waals surface area (Å²) in [4.78, 5) is 0. The van der Waals surface area contributed by atoms with Crippen molar-refractivity contribution in [2.45, 2.75) is 57.5 Å². The lowest BCUT2D eigenvalue weighted by Gasteiger charge is -2.44. The van der Waals surface area contributed by atoms with Crippen LogP contribution in [0.4, 0.5) is 0 Å². The van der Waals surface area contributed by atoms with Gasteiger partial charge in [-0.1, -0.05) is 91.0 Å². The summed E-state index contributed by atoms with van der Waals surface area (Å²) < 4.78 is 31.0. The van der Waals surface area contributed by atoms with Gasteiger partial charge in [-0.15, -0.1) is 0 Å². The van der Waals surface area contributed by atoms with E-state index in [1.54, 1.807) is 7.11 Å². The molecule has 5 heteroatoms. The first kappa shape index (κ1) is 23.6. The van der Waals surface area contributed by atoms with Gasteiger partial charge in [0.15, 0.2) is 6.29 Å². The van der Waals surface area contributed by atoms with Gasteiger partial charge in [-0.3, -0.25) is 0 Å². The van der Waals surface area contributed by atoms with Crippen LogP contribution in [0.3, 0.4) is 0 Å². The van der Waals surface area contributed by atoms with Crippen LogP contribution in [0.1, 0.15) is 23.6 Å². The Morgan fingerprint density at radius 2 is 0.970 bits per heavy atom. The van der Waals surface area contributed by atoms with Crippen molar-refractivity contribution >= 4 is 0 Å². The summed E-state index contributed by atoms with van der Waals surface area (Å²) in [5, 5.41) is 0. The normalized spacial score (nSPS) is 25.1. The van der Waals surface area contributed by atoms with Gasteiger partial charge in [-0.2, -0.15) is 0 Å². The zero-order valence-electron chi connectivity index (χ0n) is 19.2. The molecule has 5 nitrogen and oxygen atoms in total. The van der Waals surface area contributed by atoms with E-state index in [1.807, 2.05) is 73.7 Å². The molecule has 0 unspecified atom stereocenters. The molecule has 1 fully saturated rings. The van der Waals surface area contributed by atoms with Gasteiger partial charge in [0.1, 0.15) is 18.3 Å². The number of hydrogen-bond donors (Lipinski definition) is 0. The number of methoxy groups -OCH3 is 1. The lowest BCUT2D eigenvalue weighted by Crippen LogP contribution is -2.59. The summed E-state index contributed by atoms with van der Waals surface area (Å²) in [6, 6.07) is 30.3. The lowest BCUT2D eigenvalue weighted by atomic mass is 9.98. The molecule has 33 heavy (non-hydrogen) atoms. The van der Waals surface area contributed by atoms with Crippen LogP contribution < -0.4 is 0 Å². The van der Waals surface area contributed by atoms with Gasteiger partial charge in [0.2, 0.25) is 0 Å². The Balaban J connectivity index is 1.53. The predicted molar refractivity (Wildman–Crippen MR) is 126 cm³/mol. The fourth-order valence-electron chi connectivity index (χ4n) is 4.06. The SMILES string of the molecule is CO[C@H]1O[C@@H](C)[C@H](OCc2ccccc2)[C@@H](OCc2ccccc2)[C@H]1OCc1ccccc1.